The van der Waals surface area contributed by atoms with Crippen molar-refractivity contribution in [3.8, 4) is 0 Å². The molecule has 0 radical (unpaired) electrons. The van der Waals surface area contributed by atoms with Crippen molar-refractivity contribution >= 4 is 23.1 Å². The van der Waals surface area contributed by atoms with E-state index in [0.717, 1.165) is 36.8 Å². The molecule has 2 aromatic carbocycles. The van der Waals surface area contributed by atoms with Gasteiger partial charge in [0.15, 0.2) is 5.78 Å². The molecule has 0 fully saturated rings. The molecule has 0 aliphatic carbocycles. The third-order valence-electron chi connectivity index (χ3n) is 5.80. The molecule has 0 saturated heterocycles. The molecule has 1 unspecified atom stereocenters. The second-order valence-electron chi connectivity index (χ2n) is 8.09. The Kier molecular flexibility index (Phi) is 6.83. The molecule has 1 heterocycles. The van der Waals surface area contributed by atoms with Gasteiger partial charge in [-0.05, 0) is 12.5 Å². The number of para-hydroxylation sites is 1. The van der Waals surface area contributed by atoms with Crippen LogP contribution < -0.4 is 10.6 Å². The number of ketones is 1. The molecule has 2 atom stereocenters. The monoisotopic (exact) mass is 405 g/mol. The summed E-state index contributed by atoms with van der Waals surface area (Å²) < 4.78 is 0. The first-order chi connectivity index (χ1) is 14.4. The van der Waals surface area contributed by atoms with E-state index in [0.29, 0.717) is 17.8 Å². The zero-order chi connectivity index (χ0) is 21.7. The molecule has 0 aromatic heterocycles. The summed E-state index contributed by atoms with van der Waals surface area (Å²) in [5.74, 6) is -1.16. The standard InChI is InChI=1S/C25H31N3O2/c1-4-5-6-8-13-18(2)23(29)25(26)24(30)28(3)21-17-12-11-16-20(21)22(27-25)19-14-9-7-10-15-19/h7,9-12,14-18H,4-6,8,13,26H2,1-3H3/t18?,25-/m0/s1. The fourth-order valence-corrected chi connectivity index (χ4v) is 3.98. The quantitative estimate of drug-likeness (QED) is 0.525. The first-order valence-corrected chi connectivity index (χ1v) is 10.8. The Hall–Kier alpha value is -2.79. The zero-order valence-electron chi connectivity index (χ0n) is 18.1. The van der Waals surface area contributed by atoms with Gasteiger partial charge in [0.2, 0.25) is 5.66 Å². The lowest BCUT2D eigenvalue weighted by Crippen LogP contribution is -2.60. The van der Waals surface area contributed by atoms with Gasteiger partial charge in [-0.1, -0.05) is 88.1 Å². The summed E-state index contributed by atoms with van der Waals surface area (Å²) in [6, 6.07) is 17.1. The maximum atomic E-state index is 13.4. The first kappa shape index (κ1) is 21.9. The molecule has 1 aliphatic heterocycles. The van der Waals surface area contributed by atoms with Crippen molar-refractivity contribution in [2.75, 3.05) is 11.9 Å². The Balaban J connectivity index is 2.05. The van der Waals surface area contributed by atoms with Gasteiger partial charge in [-0.25, -0.2) is 4.99 Å². The number of hydrogen-bond acceptors (Lipinski definition) is 4. The van der Waals surface area contributed by atoms with Gasteiger partial charge >= 0.3 is 0 Å². The molecular formula is C25H31N3O2. The largest absolute Gasteiger partial charge is 0.311 e. The number of benzodiazepines with no additional fused rings is 1. The summed E-state index contributed by atoms with van der Waals surface area (Å²) >= 11 is 0. The van der Waals surface area contributed by atoms with E-state index in [4.69, 9.17) is 5.73 Å². The lowest BCUT2D eigenvalue weighted by molar-refractivity contribution is -0.136. The van der Waals surface area contributed by atoms with Crippen LogP contribution in [0, 0.1) is 5.92 Å². The number of amides is 1. The van der Waals surface area contributed by atoms with Crippen molar-refractivity contribution in [2.24, 2.45) is 16.6 Å². The predicted octanol–water partition coefficient (Wildman–Crippen LogP) is 4.33. The minimum absolute atomic E-state index is 0.322. The molecular weight excluding hydrogens is 374 g/mol. The Labute approximate surface area is 179 Å². The number of nitrogens with two attached hydrogens (primary N) is 1. The molecule has 5 nitrogen and oxygen atoms in total. The van der Waals surface area contributed by atoms with Crippen molar-refractivity contribution < 1.29 is 9.59 Å². The van der Waals surface area contributed by atoms with E-state index in [2.05, 4.69) is 11.9 Å². The van der Waals surface area contributed by atoms with E-state index in [9.17, 15) is 9.59 Å². The number of benzene rings is 2. The Morgan fingerprint density at radius 2 is 1.73 bits per heavy atom. The van der Waals surface area contributed by atoms with Crippen LogP contribution in [0.1, 0.15) is 57.1 Å². The number of rotatable bonds is 8. The number of likely N-dealkylation sites (N-methyl/N-ethyl adjacent to an activating group) is 1. The fourth-order valence-electron chi connectivity index (χ4n) is 3.98. The molecule has 1 amide bonds. The molecule has 158 valence electrons. The average Bonchev–Trinajstić information content (AvgIpc) is 2.86. The van der Waals surface area contributed by atoms with E-state index >= 15 is 0 Å². The minimum atomic E-state index is -1.94. The number of anilines is 1. The highest BCUT2D eigenvalue weighted by atomic mass is 16.2. The van der Waals surface area contributed by atoms with Crippen molar-refractivity contribution in [1.29, 1.82) is 0 Å². The van der Waals surface area contributed by atoms with Crippen molar-refractivity contribution in [1.82, 2.24) is 0 Å². The molecule has 1 aliphatic rings. The summed E-state index contributed by atoms with van der Waals surface area (Å²) in [4.78, 5) is 33.0. The van der Waals surface area contributed by atoms with E-state index in [1.165, 1.54) is 4.90 Å². The van der Waals surface area contributed by atoms with Crippen LogP contribution in [0.3, 0.4) is 0 Å². The van der Waals surface area contributed by atoms with Crippen LogP contribution in [0.5, 0.6) is 0 Å². The maximum Gasteiger partial charge on any atom is 0.277 e. The first-order valence-electron chi connectivity index (χ1n) is 10.8. The highest BCUT2D eigenvalue weighted by Crippen LogP contribution is 2.31. The van der Waals surface area contributed by atoms with Crippen molar-refractivity contribution in [2.45, 2.75) is 51.6 Å². The van der Waals surface area contributed by atoms with Gasteiger partial charge in [0.25, 0.3) is 5.91 Å². The molecule has 2 aromatic rings. The van der Waals surface area contributed by atoms with Gasteiger partial charge < -0.3 is 4.90 Å². The number of fused-ring (bicyclic) bond motifs is 1. The van der Waals surface area contributed by atoms with Gasteiger partial charge in [0, 0.05) is 24.1 Å². The van der Waals surface area contributed by atoms with Crippen LogP contribution in [0.15, 0.2) is 59.6 Å². The number of Topliss-reactive ketones (excluding diaryl/α,β-unsaturated/α-hetero) is 1. The molecule has 5 heteroatoms. The Morgan fingerprint density at radius 3 is 2.43 bits per heavy atom. The summed E-state index contributed by atoms with van der Waals surface area (Å²) in [5, 5.41) is 0. The fraction of sp³-hybridized carbons (Fsp3) is 0.400. The summed E-state index contributed by atoms with van der Waals surface area (Å²) in [6.45, 7) is 4.01. The average molecular weight is 406 g/mol. The van der Waals surface area contributed by atoms with Crippen LogP contribution >= 0.6 is 0 Å². The Bertz CT molecular complexity index is 938. The van der Waals surface area contributed by atoms with E-state index in [1.54, 1.807) is 7.05 Å². The molecule has 0 spiro atoms. The van der Waals surface area contributed by atoms with Crippen LogP contribution in [0.4, 0.5) is 5.69 Å². The predicted molar refractivity (Wildman–Crippen MR) is 122 cm³/mol. The summed E-state index contributed by atoms with van der Waals surface area (Å²) in [6.07, 6.45) is 5.00. The van der Waals surface area contributed by atoms with Gasteiger partial charge in [-0.2, -0.15) is 0 Å². The second kappa shape index (κ2) is 9.35. The molecule has 0 saturated carbocycles. The number of hydrogen-bond donors (Lipinski definition) is 1. The number of carbonyl (C=O) groups excluding carboxylic acids is 2. The Morgan fingerprint density at radius 1 is 1.07 bits per heavy atom. The number of aliphatic imine (C=N–C) groups is 1. The highest BCUT2D eigenvalue weighted by Gasteiger charge is 2.48. The molecule has 3 rings (SSSR count). The van der Waals surface area contributed by atoms with Gasteiger partial charge in [-0.3, -0.25) is 15.3 Å². The highest BCUT2D eigenvalue weighted by molar-refractivity contribution is 6.25. The molecule has 0 bridgehead atoms. The minimum Gasteiger partial charge on any atom is -0.311 e. The van der Waals surface area contributed by atoms with Crippen LogP contribution in [0.25, 0.3) is 0 Å². The topological polar surface area (TPSA) is 75.8 Å². The number of nitrogens with zero attached hydrogens (tertiary/aromatic N) is 2. The normalized spacial score (nSPS) is 19.7. The third kappa shape index (κ3) is 4.21. The van der Waals surface area contributed by atoms with E-state index in [-0.39, 0.29) is 11.7 Å². The SMILES string of the molecule is CCCCCCC(C)C(=O)[C@]1(N)N=C(c2ccccc2)c2ccccc2N(C)C1=O. The lowest BCUT2D eigenvalue weighted by Gasteiger charge is -2.28. The van der Waals surface area contributed by atoms with E-state index < -0.39 is 11.6 Å². The zero-order valence-corrected chi connectivity index (χ0v) is 18.1. The maximum absolute atomic E-state index is 13.4. The van der Waals surface area contributed by atoms with Gasteiger partial charge in [-0.15, -0.1) is 0 Å². The van der Waals surface area contributed by atoms with Crippen molar-refractivity contribution in [3.05, 3.63) is 65.7 Å². The number of carbonyl (C=O) groups is 2. The smallest absolute Gasteiger partial charge is 0.277 e. The molecule has 2 N–H and O–H groups in total. The lowest BCUT2D eigenvalue weighted by atomic mass is 9.89. The van der Waals surface area contributed by atoms with Gasteiger partial charge in [0.1, 0.15) is 0 Å². The van der Waals surface area contributed by atoms with Crippen LogP contribution in [0.2, 0.25) is 0 Å². The summed E-state index contributed by atoms with van der Waals surface area (Å²) in [7, 11) is 1.66. The number of unbranched alkanes of at least 4 members (excludes halogenated alkanes) is 3. The second-order valence-corrected chi connectivity index (χ2v) is 8.09. The van der Waals surface area contributed by atoms with E-state index in [1.807, 2.05) is 61.5 Å². The third-order valence-corrected chi connectivity index (χ3v) is 5.80. The van der Waals surface area contributed by atoms with Crippen LogP contribution in [-0.4, -0.2) is 30.1 Å². The summed E-state index contributed by atoms with van der Waals surface area (Å²) in [5.41, 5.74) is 7.48. The molecule has 30 heavy (non-hydrogen) atoms. The van der Waals surface area contributed by atoms with Gasteiger partial charge in [0.05, 0.1) is 11.4 Å². The van der Waals surface area contributed by atoms with Crippen LogP contribution in [-0.2, 0) is 9.59 Å². The van der Waals surface area contributed by atoms with Crippen molar-refractivity contribution in [3.63, 3.8) is 0 Å².